The normalized spacial score (nSPS) is 20.3. The zero-order valence-electron chi connectivity index (χ0n) is 15.6. The largest absolute Gasteiger partial charge is 0.478 e. The Morgan fingerprint density at radius 2 is 2.04 bits per heavy atom. The van der Waals surface area contributed by atoms with E-state index in [1.807, 2.05) is 13.0 Å². The molecule has 0 heterocycles. The molecule has 7 heteroatoms. The number of carboxylic acid groups (broad SMARTS) is 1. The Bertz CT molecular complexity index is 645. The molecule has 146 valence electrons. The van der Waals surface area contributed by atoms with Gasteiger partial charge in [-0.15, -0.1) is 0 Å². The minimum atomic E-state index is -2.84. The Labute approximate surface area is 155 Å². The number of rotatable bonds is 9. The first-order valence-corrected chi connectivity index (χ1v) is 11.5. The molecule has 0 spiro atoms. The fourth-order valence-electron chi connectivity index (χ4n) is 3.35. The number of aromatic carboxylic acids is 1. The summed E-state index contributed by atoms with van der Waals surface area (Å²) in [5, 5.41) is 22.5. The molecule has 1 aromatic rings. The summed E-state index contributed by atoms with van der Waals surface area (Å²) < 4.78 is 18.4. The van der Waals surface area contributed by atoms with E-state index < -0.39 is 19.4 Å². The van der Waals surface area contributed by atoms with Crippen LogP contribution in [0.15, 0.2) is 24.3 Å². The third-order valence-electron chi connectivity index (χ3n) is 4.76. The monoisotopic (exact) mass is 383 g/mol. The second-order valence-corrected chi connectivity index (χ2v) is 9.88. The molecule has 0 bridgehead atoms. The smallest absolute Gasteiger partial charge is 0.335 e. The van der Waals surface area contributed by atoms with Gasteiger partial charge in [-0.2, -0.15) is 0 Å². The highest BCUT2D eigenvalue weighted by atomic mass is 31.2. The first-order chi connectivity index (χ1) is 12.3. The lowest BCUT2D eigenvalue weighted by molar-refractivity contribution is 0.0696. The maximum Gasteiger partial charge on any atom is 0.335 e. The minimum absolute atomic E-state index is 0.0532. The molecule has 6 nitrogen and oxygen atoms in total. The van der Waals surface area contributed by atoms with Gasteiger partial charge in [0.15, 0.2) is 0 Å². The van der Waals surface area contributed by atoms with Crippen LogP contribution in [0.3, 0.4) is 0 Å². The number of benzene rings is 1. The number of hydrogen-bond donors (Lipinski definition) is 3. The van der Waals surface area contributed by atoms with Gasteiger partial charge in [0.05, 0.1) is 23.9 Å². The van der Waals surface area contributed by atoms with Crippen LogP contribution in [0.4, 0.5) is 0 Å². The highest BCUT2D eigenvalue weighted by molar-refractivity contribution is 7.58. The van der Waals surface area contributed by atoms with Crippen molar-refractivity contribution < 1.29 is 24.1 Å². The van der Waals surface area contributed by atoms with Crippen LogP contribution in [0.2, 0.25) is 0 Å². The third kappa shape index (κ3) is 6.84. The van der Waals surface area contributed by atoms with Crippen molar-refractivity contribution in [2.45, 2.75) is 57.3 Å². The van der Waals surface area contributed by atoms with Crippen molar-refractivity contribution in [1.29, 1.82) is 0 Å². The van der Waals surface area contributed by atoms with Crippen molar-refractivity contribution in [3.8, 4) is 0 Å². The van der Waals surface area contributed by atoms with Gasteiger partial charge in [-0.05, 0) is 37.5 Å². The van der Waals surface area contributed by atoms with E-state index in [4.69, 9.17) is 9.63 Å². The predicted molar refractivity (Wildman–Crippen MR) is 102 cm³/mol. The Morgan fingerprint density at radius 3 is 2.69 bits per heavy atom. The SMILES string of the molecule is C[C@@H](NC[C@H](O)CP(C)(=O)OC1CCCCC1)c1cccc(C(=O)O)c1. The first-order valence-electron chi connectivity index (χ1n) is 9.26. The molecule has 0 saturated heterocycles. The lowest BCUT2D eigenvalue weighted by atomic mass is 9.98. The summed E-state index contributed by atoms with van der Waals surface area (Å²) in [5.74, 6) is -0.967. The van der Waals surface area contributed by atoms with Crippen LogP contribution in [0.1, 0.15) is 61.0 Å². The summed E-state index contributed by atoms with van der Waals surface area (Å²) >= 11 is 0. The Kier molecular flexibility index (Phi) is 7.84. The fourth-order valence-corrected chi connectivity index (χ4v) is 5.17. The molecule has 0 aromatic heterocycles. The van der Waals surface area contributed by atoms with Crippen molar-refractivity contribution in [2.75, 3.05) is 19.4 Å². The van der Waals surface area contributed by atoms with Gasteiger partial charge >= 0.3 is 5.97 Å². The summed E-state index contributed by atoms with van der Waals surface area (Å²) in [6.07, 6.45) is 4.73. The first kappa shape index (κ1) is 21.1. The standard InChI is InChI=1S/C19H30NO5P/c1-14(15-7-6-8-16(11-15)19(22)23)20-12-17(21)13-26(2,24)25-18-9-4-3-5-10-18/h6-8,11,14,17-18,20-21H,3-5,9-10,12-13H2,1-2H3,(H,22,23)/t14-,17+,26?/m1/s1. The van der Waals surface area contributed by atoms with Crippen LogP contribution in [0.5, 0.6) is 0 Å². The van der Waals surface area contributed by atoms with Gasteiger partial charge in [-0.25, -0.2) is 4.79 Å². The van der Waals surface area contributed by atoms with Crippen LogP contribution in [-0.4, -0.2) is 47.8 Å². The van der Waals surface area contributed by atoms with E-state index in [1.165, 1.54) is 6.42 Å². The molecule has 1 aliphatic rings. The molecule has 0 amide bonds. The van der Waals surface area contributed by atoms with E-state index in [0.717, 1.165) is 31.2 Å². The molecule has 3 atom stereocenters. The summed E-state index contributed by atoms with van der Waals surface area (Å²) in [6, 6.07) is 6.57. The van der Waals surface area contributed by atoms with E-state index in [2.05, 4.69) is 5.32 Å². The van der Waals surface area contributed by atoms with E-state index in [1.54, 1.807) is 24.9 Å². The molecule has 26 heavy (non-hydrogen) atoms. The van der Waals surface area contributed by atoms with Gasteiger partial charge in [0.2, 0.25) is 7.37 Å². The quantitative estimate of drug-likeness (QED) is 0.563. The van der Waals surface area contributed by atoms with Crippen LogP contribution >= 0.6 is 7.37 Å². The number of carbonyl (C=O) groups is 1. The van der Waals surface area contributed by atoms with Crippen LogP contribution < -0.4 is 5.32 Å². The molecule has 2 rings (SSSR count). The maximum absolute atomic E-state index is 12.7. The zero-order chi connectivity index (χ0) is 19.2. The number of nitrogens with one attached hydrogen (secondary N) is 1. The second-order valence-electron chi connectivity index (χ2n) is 7.28. The maximum atomic E-state index is 12.7. The van der Waals surface area contributed by atoms with E-state index >= 15 is 0 Å². The summed E-state index contributed by atoms with van der Waals surface area (Å²) in [4.78, 5) is 11.1. The molecule has 1 aliphatic carbocycles. The summed E-state index contributed by atoms with van der Waals surface area (Å²) in [7, 11) is -2.84. The Morgan fingerprint density at radius 1 is 1.35 bits per heavy atom. The summed E-state index contributed by atoms with van der Waals surface area (Å²) in [6.45, 7) is 3.77. The van der Waals surface area contributed by atoms with Gasteiger partial charge in [0.1, 0.15) is 0 Å². The topological polar surface area (TPSA) is 95.9 Å². The van der Waals surface area contributed by atoms with Crippen molar-refractivity contribution in [2.24, 2.45) is 0 Å². The molecule has 1 fully saturated rings. The van der Waals surface area contributed by atoms with Gasteiger partial charge in [-0.3, -0.25) is 4.57 Å². The van der Waals surface area contributed by atoms with Gasteiger partial charge in [-0.1, -0.05) is 31.4 Å². The molecule has 0 radical (unpaired) electrons. The van der Waals surface area contributed by atoms with Gasteiger partial charge in [0.25, 0.3) is 0 Å². The minimum Gasteiger partial charge on any atom is -0.478 e. The molecule has 3 N–H and O–H groups in total. The van der Waals surface area contributed by atoms with Gasteiger partial charge in [0, 0.05) is 19.3 Å². The van der Waals surface area contributed by atoms with E-state index in [0.29, 0.717) is 0 Å². The van der Waals surface area contributed by atoms with Crippen molar-refractivity contribution >= 4 is 13.3 Å². The molecule has 1 aromatic carbocycles. The number of aliphatic hydroxyl groups is 1. The fraction of sp³-hybridized carbons (Fsp3) is 0.632. The number of carboxylic acids is 1. The average Bonchev–Trinajstić information content (AvgIpc) is 2.59. The van der Waals surface area contributed by atoms with Crippen molar-refractivity contribution in [1.82, 2.24) is 5.32 Å². The molecule has 1 saturated carbocycles. The predicted octanol–water partition coefficient (Wildman–Crippen LogP) is 3.65. The lowest BCUT2D eigenvalue weighted by Gasteiger charge is -2.27. The van der Waals surface area contributed by atoms with Gasteiger partial charge < -0.3 is 20.1 Å². The zero-order valence-corrected chi connectivity index (χ0v) is 16.5. The highest BCUT2D eigenvalue weighted by Crippen LogP contribution is 2.46. The molecule has 1 unspecified atom stereocenters. The Balaban J connectivity index is 1.81. The van der Waals surface area contributed by atoms with E-state index in [9.17, 15) is 14.5 Å². The van der Waals surface area contributed by atoms with Crippen LogP contribution in [-0.2, 0) is 9.09 Å². The molecular formula is C19H30NO5P. The number of hydrogen-bond acceptors (Lipinski definition) is 5. The molecular weight excluding hydrogens is 353 g/mol. The lowest BCUT2D eigenvalue weighted by Crippen LogP contribution is -2.32. The van der Waals surface area contributed by atoms with Crippen LogP contribution in [0, 0.1) is 0 Å². The van der Waals surface area contributed by atoms with Crippen molar-refractivity contribution in [3.63, 3.8) is 0 Å². The molecule has 0 aliphatic heterocycles. The highest BCUT2D eigenvalue weighted by Gasteiger charge is 2.26. The Hall–Kier alpha value is -1.20. The number of aliphatic hydroxyl groups excluding tert-OH is 1. The van der Waals surface area contributed by atoms with Crippen LogP contribution in [0.25, 0.3) is 0 Å². The third-order valence-corrected chi connectivity index (χ3v) is 6.59. The average molecular weight is 383 g/mol. The summed E-state index contributed by atoms with van der Waals surface area (Å²) in [5.41, 5.74) is 1.06. The second kappa shape index (κ2) is 9.65. The van der Waals surface area contributed by atoms with E-state index in [-0.39, 0.29) is 30.4 Å². The van der Waals surface area contributed by atoms with Crippen molar-refractivity contribution in [3.05, 3.63) is 35.4 Å².